The number of nitrogens with zero attached hydrogens (tertiary/aromatic N) is 2. The van der Waals surface area contributed by atoms with E-state index >= 15 is 0 Å². The molecule has 176 valence electrons. The van der Waals surface area contributed by atoms with Crippen molar-refractivity contribution in [2.45, 2.75) is 26.8 Å². The summed E-state index contributed by atoms with van der Waals surface area (Å²) in [4.78, 5) is 31.7. The van der Waals surface area contributed by atoms with Gasteiger partial charge in [0.05, 0.1) is 23.9 Å². The zero-order chi connectivity index (χ0) is 24.2. The molecule has 0 unspecified atom stereocenters. The molecule has 0 spiro atoms. The number of carbonyl (C=O) groups excluding carboxylic acids is 2. The highest BCUT2D eigenvalue weighted by atomic mass is 35.5. The van der Waals surface area contributed by atoms with Crippen LogP contribution in [0.4, 0.5) is 5.69 Å². The van der Waals surface area contributed by atoms with Gasteiger partial charge < -0.3 is 19.7 Å². The van der Waals surface area contributed by atoms with E-state index in [1.807, 2.05) is 54.6 Å². The molecule has 4 rings (SSSR count). The van der Waals surface area contributed by atoms with Crippen molar-refractivity contribution in [3.05, 3.63) is 81.5 Å². The fraction of sp³-hybridized carbons (Fsp3) is 0.240. The molecule has 2 aliphatic rings. The van der Waals surface area contributed by atoms with Crippen molar-refractivity contribution >= 4 is 46.1 Å². The van der Waals surface area contributed by atoms with Crippen molar-refractivity contribution in [1.82, 2.24) is 4.90 Å². The summed E-state index contributed by atoms with van der Waals surface area (Å²) in [7, 11) is 0. The summed E-state index contributed by atoms with van der Waals surface area (Å²) in [5, 5.41) is 6.07. The third-order valence-electron chi connectivity index (χ3n) is 5.32. The molecule has 0 aromatic heterocycles. The highest BCUT2D eigenvalue weighted by Crippen LogP contribution is 2.41. The van der Waals surface area contributed by atoms with Gasteiger partial charge in [-0.3, -0.25) is 4.79 Å². The van der Waals surface area contributed by atoms with E-state index < -0.39 is 12.0 Å². The van der Waals surface area contributed by atoms with Gasteiger partial charge in [-0.1, -0.05) is 41.6 Å². The number of benzene rings is 2. The van der Waals surface area contributed by atoms with Crippen LogP contribution in [0.15, 0.2) is 70.3 Å². The quantitative estimate of drug-likeness (QED) is 0.513. The maximum atomic E-state index is 12.8. The number of hydrogen-bond acceptors (Lipinski definition) is 7. The van der Waals surface area contributed by atoms with Gasteiger partial charge in [-0.15, -0.1) is 0 Å². The number of carbonyl (C=O) groups is 2. The van der Waals surface area contributed by atoms with Crippen molar-refractivity contribution in [2.24, 2.45) is 4.99 Å². The molecule has 0 bridgehead atoms. The van der Waals surface area contributed by atoms with Gasteiger partial charge in [0, 0.05) is 16.9 Å². The van der Waals surface area contributed by atoms with Gasteiger partial charge in [-0.25, -0.2) is 9.79 Å². The van der Waals surface area contributed by atoms with Gasteiger partial charge in [0.15, 0.2) is 11.8 Å². The van der Waals surface area contributed by atoms with Crippen LogP contribution < -0.4 is 10.1 Å². The second kappa shape index (κ2) is 10.4. The van der Waals surface area contributed by atoms with Crippen molar-refractivity contribution in [2.75, 3.05) is 18.5 Å². The summed E-state index contributed by atoms with van der Waals surface area (Å²) in [6, 6.07) is 12.3. The van der Waals surface area contributed by atoms with E-state index in [1.165, 1.54) is 11.8 Å². The fourth-order valence-corrected chi connectivity index (χ4v) is 4.66. The Morgan fingerprint density at radius 3 is 2.79 bits per heavy atom. The lowest BCUT2D eigenvalue weighted by Gasteiger charge is -2.33. The Balaban J connectivity index is 1.52. The first kappa shape index (κ1) is 23.9. The molecule has 0 fully saturated rings. The summed E-state index contributed by atoms with van der Waals surface area (Å²) in [6.07, 6.45) is 1.90. The first-order valence-electron chi connectivity index (χ1n) is 10.7. The number of thioether (sulfide) groups is 1. The Morgan fingerprint density at radius 1 is 1.21 bits per heavy atom. The minimum absolute atomic E-state index is 0.175. The molecule has 0 saturated heterocycles. The summed E-state index contributed by atoms with van der Waals surface area (Å²) in [5.74, 6) is -0.199. The van der Waals surface area contributed by atoms with E-state index in [9.17, 15) is 9.59 Å². The number of aryl methyl sites for hydroxylation is 1. The number of halogens is 1. The Bertz CT molecular complexity index is 1220. The zero-order valence-electron chi connectivity index (χ0n) is 19.0. The summed E-state index contributed by atoms with van der Waals surface area (Å²) < 4.78 is 11.1. The number of nitrogens with one attached hydrogen (secondary N) is 1. The lowest BCUT2D eigenvalue weighted by molar-refractivity contribution is -0.139. The third-order valence-corrected chi connectivity index (χ3v) is 6.49. The molecule has 0 saturated carbocycles. The Kier molecular flexibility index (Phi) is 7.29. The van der Waals surface area contributed by atoms with Gasteiger partial charge in [0.25, 0.3) is 5.91 Å². The second-order valence-corrected chi connectivity index (χ2v) is 8.98. The maximum absolute atomic E-state index is 12.8. The van der Waals surface area contributed by atoms with Gasteiger partial charge in [-0.05, 0) is 61.6 Å². The predicted octanol–water partition coefficient (Wildman–Crippen LogP) is 5.43. The van der Waals surface area contributed by atoms with Crippen molar-refractivity contribution in [3.8, 4) is 5.75 Å². The number of fused-ring (bicyclic) bond motifs is 1. The van der Waals surface area contributed by atoms with Crippen LogP contribution in [0, 0.1) is 6.92 Å². The number of amidine groups is 1. The minimum atomic E-state index is -0.412. The fourth-order valence-electron chi connectivity index (χ4n) is 3.69. The normalized spacial score (nSPS) is 16.8. The van der Waals surface area contributed by atoms with Gasteiger partial charge in [0.1, 0.15) is 5.75 Å². The van der Waals surface area contributed by atoms with Crippen LogP contribution in [-0.2, 0) is 14.3 Å². The number of aliphatic imine (C=N–C) groups is 1. The number of amides is 1. The standard InChI is InChI=1S/C25H24ClN3O4S/c1-4-32-24(31)22-16(3)27-25-29(10-11-34-25)23(22)17-6-5-7-19(12-17)33-14-21(30)28-18-9-8-15(2)20(26)13-18/h5-13,23H,4,14H2,1-3H3,(H,28,30)/t23-/m1/s1. The van der Waals surface area contributed by atoms with Crippen molar-refractivity contribution < 1.29 is 19.1 Å². The number of ether oxygens (including phenoxy) is 2. The van der Waals surface area contributed by atoms with E-state index in [-0.39, 0.29) is 19.1 Å². The van der Waals surface area contributed by atoms with Crippen LogP contribution in [0.2, 0.25) is 5.02 Å². The number of rotatable bonds is 7. The molecule has 1 amide bonds. The van der Waals surface area contributed by atoms with Crippen LogP contribution in [0.25, 0.3) is 0 Å². The van der Waals surface area contributed by atoms with E-state index in [0.717, 1.165) is 16.3 Å². The van der Waals surface area contributed by atoms with Crippen molar-refractivity contribution in [3.63, 3.8) is 0 Å². The molecule has 0 radical (unpaired) electrons. The average Bonchev–Trinajstić information content (AvgIpc) is 3.27. The van der Waals surface area contributed by atoms with Crippen LogP contribution in [0.3, 0.4) is 0 Å². The summed E-state index contributed by atoms with van der Waals surface area (Å²) in [5.41, 5.74) is 3.45. The Labute approximate surface area is 207 Å². The molecule has 1 atom stereocenters. The lowest BCUT2D eigenvalue weighted by atomic mass is 9.94. The van der Waals surface area contributed by atoms with Gasteiger partial charge >= 0.3 is 5.97 Å². The van der Waals surface area contributed by atoms with E-state index in [0.29, 0.717) is 27.7 Å². The number of esters is 1. The first-order valence-corrected chi connectivity index (χ1v) is 12.0. The summed E-state index contributed by atoms with van der Waals surface area (Å²) >= 11 is 7.62. The molecular weight excluding hydrogens is 474 g/mol. The first-order chi connectivity index (χ1) is 16.4. The minimum Gasteiger partial charge on any atom is -0.484 e. The van der Waals surface area contributed by atoms with Crippen LogP contribution >= 0.6 is 23.4 Å². The highest BCUT2D eigenvalue weighted by molar-refractivity contribution is 8.16. The van der Waals surface area contributed by atoms with Crippen LogP contribution in [0.5, 0.6) is 5.75 Å². The van der Waals surface area contributed by atoms with Crippen LogP contribution in [0.1, 0.15) is 31.0 Å². The predicted molar refractivity (Wildman–Crippen MR) is 135 cm³/mol. The molecule has 0 aliphatic carbocycles. The van der Waals surface area contributed by atoms with Gasteiger partial charge in [0.2, 0.25) is 0 Å². The van der Waals surface area contributed by atoms with E-state index in [4.69, 9.17) is 21.1 Å². The molecule has 2 heterocycles. The number of allylic oxidation sites excluding steroid dienone is 1. The molecule has 2 aromatic rings. The molecule has 9 heteroatoms. The Morgan fingerprint density at radius 2 is 2.03 bits per heavy atom. The second-order valence-electron chi connectivity index (χ2n) is 7.70. The molecule has 2 aliphatic heterocycles. The van der Waals surface area contributed by atoms with Crippen LogP contribution in [-0.4, -0.2) is 35.2 Å². The largest absolute Gasteiger partial charge is 0.484 e. The molecule has 34 heavy (non-hydrogen) atoms. The lowest BCUT2D eigenvalue weighted by Crippen LogP contribution is -2.34. The number of anilines is 1. The monoisotopic (exact) mass is 497 g/mol. The van der Waals surface area contributed by atoms with Crippen molar-refractivity contribution in [1.29, 1.82) is 0 Å². The maximum Gasteiger partial charge on any atom is 0.338 e. The van der Waals surface area contributed by atoms with E-state index in [1.54, 1.807) is 25.1 Å². The molecular formula is C25H24ClN3O4S. The number of hydrogen-bond donors (Lipinski definition) is 1. The van der Waals surface area contributed by atoms with Gasteiger partial charge in [-0.2, -0.15) is 0 Å². The summed E-state index contributed by atoms with van der Waals surface area (Å²) in [6.45, 7) is 5.58. The Hall–Kier alpha value is -3.23. The third kappa shape index (κ3) is 5.13. The average molecular weight is 498 g/mol. The zero-order valence-corrected chi connectivity index (χ0v) is 20.6. The molecule has 7 nitrogen and oxygen atoms in total. The van der Waals surface area contributed by atoms with E-state index in [2.05, 4.69) is 10.3 Å². The molecule has 2 aromatic carbocycles. The topological polar surface area (TPSA) is 80.2 Å². The smallest absolute Gasteiger partial charge is 0.338 e. The highest BCUT2D eigenvalue weighted by Gasteiger charge is 2.37. The molecule has 1 N–H and O–H groups in total. The SMILES string of the molecule is CCOC(=O)C1=C(C)N=C2SC=CN2[C@@H]1c1cccc(OCC(=O)Nc2ccc(C)c(Cl)c2)c1.